The zero-order valence-corrected chi connectivity index (χ0v) is 11.2. The maximum absolute atomic E-state index is 11.9. The Morgan fingerprint density at radius 3 is 2.88 bits per heavy atom. The van der Waals surface area contributed by atoms with E-state index < -0.39 is 0 Å². The fraction of sp³-hybridized carbons (Fsp3) is 0.273. The second-order valence-corrected chi connectivity index (χ2v) is 4.85. The summed E-state index contributed by atoms with van der Waals surface area (Å²) >= 11 is 9.34. The molecule has 6 heteroatoms. The molecule has 90 valence electrons. The molecule has 1 aliphatic rings. The van der Waals surface area contributed by atoms with Crippen molar-refractivity contribution in [2.75, 3.05) is 18.0 Å². The number of hydrogen-bond acceptors (Lipinski definition) is 2. The molecule has 4 nitrogen and oxygen atoms in total. The van der Waals surface area contributed by atoms with Crippen LogP contribution >= 0.6 is 27.5 Å². The topological polar surface area (TPSA) is 49.4 Å². The normalized spacial score (nSPS) is 16.7. The Morgan fingerprint density at radius 1 is 1.35 bits per heavy atom. The van der Waals surface area contributed by atoms with Crippen molar-refractivity contribution in [1.29, 1.82) is 0 Å². The van der Waals surface area contributed by atoms with E-state index >= 15 is 0 Å². The molecule has 0 radical (unpaired) electrons. The molecule has 1 heterocycles. The van der Waals surface area contributed by atoms with Crippen LogP contribution in [0.5, 0.6) is 0 Å². The maximum atomic E-state index is 11.9. The summed E-state index contributed by atoms with van der Waals surface area (Å²) in [6.45, 7) is 0.390. The lowest BCUT2D eigenvalue weighted by Crippen LogP contribution is -2.35. The van der Waals surface area contributed by atoms with Gasteiger partial charge in [-0.25, -0.2) is 0 Å². The molecule has 0 aliphatic carbocycles. The lowest BCUT2D eigenvalue weighted by Gasteiger charge is -2.21. The second kappa shape index (κ2) is 5.06. The van der Waals surface area contributed by atoms with E-state index in [9.17, 15) is 9.59 Å². The number of nitrogens with one attached hydrogen (secondary N) is 1. The van der Waals surface area contributed by atoms with Gasteiger partial charge in [-0.2, -0.15) is 0 Å². The smallest absolute Gasteiger partial charge is 0.246 e. The van der Waals surface area contributed by atoms with Gasteiger partial charge in [-0.3, -0.25) is 9.59 Å². The first kappa shape index (κ1) is 12.4. The van der Waals surface area contributed by atoms with Gasteiger partial charge in [-0.15, -0.1) is 0 Å². The molecule has 0 atom stereocenters. The van der Waals surface area contributed by atoms with E-state index in [2.05, 4.69) is 21.2 Å². The van der Waals surface area contributed by atoms with Crippen LogP contribution in [0.4, 0.5) is 5.69 Å². The van der Waals surface area contributed by atoms with Crippen LogP contribution in [0.2, 0.25) is 5.02 Å². The van der Waals surface area contributed by atoms with Crippen LogP contribution in [0.1, 0.15) is 6.42 Å². The van der Waals surface area contributed by atoms with E-state index in [0.717, 1.165) is 0 Å². The number of benzene rings is 1. The van der Waals surface area contributed by atoms with Gasteiger partial charge in [0.05, 0.1) is 21.7 Å². The molecule has 1 N–H and O–H groups in total. The van der Waals surface area contributed by atoms with Crippen LogP contribution in [-0.2, 0) is 9.59 Å². The third kappa shape index (κ3) is 2.61. The van der Waals surface area contributed by atoms with Crippen molar-refractivity contribution in [2.24, 2.45) is 0 Å². The van der Waals surface area contributed by atoms with Crippen molar-refractivity contribution >= 4 is 45.0 Å². The first-order chi connectivity index (χ1) is 8.09. The van der Waals surface area contributed by atoms with Crippen molar-refractivity contribution < 1.29 is 9.59 Å². The summed E-state index contributed by atoms with van der Waals surface area (Å²) < 4.78 is 0.671. The van der Waals surface area contributed by atoms with Gasteiger partial charge in [-0.1, -0.05) is 17.7 Å². The predicted octanol–water partition coefficient (Wildman–Crippen LogP) is 1.96. The predicted molar refractivity (Wildman–Crippen MR) is 69.1 cm³/mol. The van der Waals surface area contributed by atoms with Gasteiger partial charge in [0.15, 0.2) is 0 Å². The summed E-state index contributed by atoms with van der Waals surface area (Å²) in [5, 5.41) is 3.09. The van der Waals surface area contributed by atoms with Gasteiger partial charge in [-0.05, 0) is 28.1 Å². The summed E-state index contributed by atoms with van der Waals surface area (Å²) in [5.41, 5.74) is 0.694. The number of rotatable bonds is 1. The monoisotopic (exact) mass is 316 g/mol. The number of carbonyl (C=O) groups is 2. The van der Waals surface area contributed by atoms with Crippen LogP contribution in [0.3, 0.4) is 0 Å². The molecule has 1 aromatic rings. The Labute approximate surface area is 112 Å². The molecular weight excluding hydrogens is 307 g/mol. The molecular formula is C11H10BrClN2O2. The largest absolute Gasteiger partial charge is 0.347 e. The van der Waals surface area contributed by atoms with Crippen molar-refractivity contribution in [2.45, 2.75) is 6.42 Å². The average Bonchev–Trinajstić information content (AvgIpc) is 2.46. The second-order valence-electron chi connectivity index (χ2n) is 3.65. The average molecular weight is 318 g/mol. The Balaban J connectivity index is 2.34. The minimum atomic E-state index is -0.140. The molecule has 0 spiro atoms. The Bertz CT molecular complexity index is 479. The lowest BCUT2D eigenvalue weighted by atomic mass is 10.2. The van der Waals surface area contributed by atoms with E-state index in [1.807, 2.05) is 0 Å². The zero-order valence-electron chi connectivity index (χ0n) is 8.87. The quantitative estimate of drug-likeness (QED) is 0.861. The minimum Gasteiger partial charge on any atom is -0.347 e. The molecule has 2 amide bonds. The molecule has 1 saturated heterocycles. The SMILES string of the molecule is O=C1CCN(c2cccc(Cl)c2Br)C(=O)CN1. The van der Waals surface area contributed by atoms with Crippen LogP contribution < -0.4 is 10.2 Å². The third-order valence-electron chi connectivity index (χ3n) is 2.52. The van der Waals surface area contributed by atoms with Crippen molar-refractivity contribution in [3.63, 3.8) is 0 Å². The van der Waals surface area contributed by atoms with Gasteiger partial charge < -0.3 is 10.2 Å². The lowest BCUT2D eigenvalue weighted by molar-refractivity contribution is -0.123. The minimum absolute atomic E-state index is 0.0256. The van der Waals surface area contributed by atoms with Gasteiger partial charge >= 0.3 is 0 Å². The molecule has 0 aromatic heterocycles. The first-order valence-corrected chi connectivity index (χ1v) is 6.28. The van der Waals surface area contributed by atoms with E-state index in [0.29, 0.717) is 28.1 Å². The van der Waals surface area contributed by atoms with Gasteiger partial charge in [0.2, 0.25) is 11.8 Å². The molecule has 2 rings (SSSR count). The highest BCUT2D eigenvalue weighted by Crippen LogP contribution is 2.33. The molecule has 0 bridgehead atoms. The molecule has 0 saturated carbocycles. The van der Waals surface area contributed by atoms with Crippen LogP contribution in [-0.4, -0.2) is 24.9 Å². The highest BCUT2D eigenvalue weighted by atomic mass is 79.9. The Kier molecular flexibility index (Phi) is 3.69. The summed E-state index contributed by atoms with van der Waals surface area (Å²) in [5.74, 6) is -0.252. The number of amides is 2. The van der Waals surface area contributed by atoms with Crippen molar-refractivity contribution in [3.05, 3.63) is 27.7 Å². The maximum Gasteiger partial charge on any atom is 0.246 e. The summed E-state index contributed by atoms with van der Waals surface area (Å²) in [6, 6.07) is 5.31. The Morgan fingerprint density at radius 2 is 2.12 bits per heavy atom. The van der Waals surface area contributed by atoms with E-state index in [1.54, 1.807) is 23.1 Å². The summed E-state index contributed by atoms with van der Waals surface area (Å²) in [6.07, 6.45) is 0.296. The van der Waals surface area contributed by atoms with Crippen molar-refractivity contribution in [1.82, 2.24) is 5.32 Å². The highest BCUT2D eigenvalue weighted by molar-refractivity contribution is 9.10. The van der Waals surface area contributed by atoms with Crippen LogP contribution in [0.15, 0.2) is 22.7 Å². The van der Waals surface area contributed by atoms with Gasteiger partial charge in [0.1, 0.15) is 0 Å². The van der Waals surface area contributed by atoms with E-state index in [4.69, 9.17) is 11.6 Å². The van der Waals surface area contributed by atoms with Gasteiger partial charge in [0.25, 0.3) is 0 Å². The first-order valence-electron chi connectivity index (χ1n) is 5.10. The number of hydrogen-bond donors (Lipinski definition) is 1. The standard InChI is InChI=1S/C11H10BrClN2O2/c12-11-7(13)2-1-3-8(11)15-5-4-9(16)14-6-10(15)17/h1-3H,4-6H2,(H,14,16). The molecule has 1 aliphatic heterocycles. The fourth-order valence-electron chi connectivity index (χ4n) is 1.65. The molecule has 0 unspecified atom stereocenters. The van der Waals surface area contributed by atoms with Crippen LogP contribution in [0, 0.1) is 0 Å². The van der Waals surface area contributed by atoms with E-state index in [-0.39, 0.29) is 18.4 Å². The van der Waals surface area contributed by atoms with Crippen molar-refractivity contribution in [3.8, 4) is 0 Å². The van der Waals surface area contributed by atoms with Gasteiger partial charge in [0, 0.05) is 13.0 Å². The zero-order chi connectivity index (χ0) is 12.4. The highest BCUT2D eigenvalue weighted by Gasteiger charge is 2.23. The summed E-state index contributed by atoms with van der Waals surface area (Å²) in [4.78, 5) is 24.7. The number of anilines is 1. The molecule has 1 fully saturated rings. The number of halogens is 2. The number of carbonyl (C=O) groups excluding carboxylic acids is 2. The molecule has 1 aromatic carbocycles. The summed E-state index contributed by atoms with van der Waals surface area (Å²) in [7, 11) is 0. The molecule has 17 heavy (non-hydrogen) atoms. The third-order valence-corrected chi connectivity index (χ3v) is 3.90. The number of nitrogens with zero attached hydrogens (tertiary/aromatic N) is 1. The Hall–Kier alpha value is -1.07. The van der Waals surface area contributed by atoms with Crippen LogP contribution in [0.25, 0.3) is 0 Å². The van der Waals surface area contributed by atoms with E-state index in [1.165, 1.54) is 0 Å². The fourth-order valence-corrected chi connectivity index (χ4v) is 2.30.